The summed E-state index contributed by atoms with van der Waals surface area (Å²) in [5, 5.41) is 95.3. The average Bonchev–Trinajstić information content (AvgIpc) is 1.02. The first-order valence-electron chi connectivity index (χ1n) is 52.8. The largest absolute Gasteiger partial charge is 0.393 e. The molecule has 16 rings (SSSR count). The van der Waals surface area contributed by atoms with Crippen LogP contribution in [0.2, 0.25) is 0 Å². The predicted molar refractivity (Wildman–Crippen MR) is 490 cm³/mol. The molecule has 16 aliphatic carbocycles. The molecule has 0 heterocycles. The Morgan fingerprint density at radius 3 is 0.884 bits per heavy atom. The zero-order valence-corrected chi connectivity index (χ0v) is 80.4. The SMILES string of the molecule is CCCNC(=O)CCC(C)C1CCC2C3C[C@H](O)[C@@H]4C[C@H](O)CC[C@]4(C)C3CC[C@]12C.CCCNCCCC(C)C1CCC2C3C[C@H](O)[C@@H]4C[C@H](O)CC[C@]4(C)C3CC[C@]12C.CCCOCCCC(C)C1CCC2C3C[C@H](O)[C@@H]4C[C@H](O)CC[C@]4(C)C3CC[C@]12C.CCNC(=O)CCC(C)C1CCC2C3C[C@H](O)[C@@H]4C[C@H](O)CC[C@]4(C)C3CC[C@]12C. The van der Waals surface area contributed by atoms with E-state index in [-0.39, 0.29) is 94.1 Å². The van der Waals surface area contributed by atoms with Crippen LogP contribution in [0.15, 0.2) is 0 Å². The molecule has 40 atom stereocenters. The fourth-order valence-electron chi connectivity index (χ4n) is 36.8. The highest BCUT2D eigenvalue weighted by Gasteiger charge is 2.68. The molecule has 16 fully saturated rings. The molecule has 0 saturated heterocycles. The van der Waals surface area contributed by atoms with Crippen molar-refractivity contribution in [3.05, 3.63) is 0 Å². The fraction of sp³-hybridized carbons (Fsp3) is 0.981. The summed E-state index contributed by atoms with van der Waals surface area (Å²) in [7, 11) is 0. The molecule has 14 heteroatoms. The molecular formula is C107H189N3O11. The summed E-state index contributed by atoms with van der Waals surface area (Å²) in [5.74, 6) is 16.1. The second-order valence-electron chi connectivity index (χ2n) is 48.7. The van der Waals surface area contributed by atoms with E-state index in [4.69, 9.17) is 4.74 Å². The van der Waals surface area contributed by atoms with Crippen molar-refractivity contribution in [1.29, 1.82) is 0 Å². The van der Waals surface area contributed by atoms with E-state index in [1.807, 2.05) is 6.92 Å². The lowest BCUT2D eigenvalue weighted by Crippen LogP contribution is -2.58. The summed E-state index contributed by atoms with van der Waals surface area (Å²) in [6, 6.07) is 0. The molecular weight excluding hydrogens is 1500 g/mol. The molecule has 16 saturated carbocycles. The summed E-state index contributed by atoms with van der Waals surface area (Å²) in [4.78, 5) is 24.1. The van der Waals surface area contributed by atoms with Crippen LogP contribution >= 0.6 is 0 Å². The Bertz CT molecular complexity index is 3190. The van der Waals surface area contributed by atoms with E-state index >= 15 is 0 Å². The second kappa shape index (κ2) is 40.3. The topological polar surface area (TPSA) is 241 Å². The molecule has 0 radical (unpaired) electrons. The Morgan fingerprint density at radius 1 is 0.306 bits per heavy atom. The summed E-state index contributed by atoms with van der Waals surface area (Å²) in [5.41, 5.74) is 2.54. The van der Waals surface area contributed by atoms with E-state index in [0.717, 1.165) is 209 Å². The molecule has 0 spiro atoms. The Hall–Kier alpha value is -1.46. The van der Waals surface area contributed by atoms with E-state index in [0.29, 0.717) is 117 Å². The van der Waals surface area contributed by atoms with Gasteiger partial charge in [0.05, 0.1) is 48.8 Å². The van der Waals surface area contributed by atoms with Crippen LogP contribution in [0.5, 0.6) is 0 Å². The van der Waals surface area contributed by atoms with Crippen molar-refractivity contribution in [3.63, 3.8) is 0 Å². The number of ether oxygens (including phenoxy) is 1. The van der Waals surface area contributed by atoms with Gasteiger partial charge >= 0.3 is 0 Å². The third kappa shape index (κ3) is 19.2. The zero-order chi connectivity index (χ0) is 87.1. The zero-order valence-electron chi connectivity index (χ0n) is 80.4. The molecule has 16 aliphatic rings. The van der Waals surface area contributed by atoms with Crippen molar-refractivity contribution in [1.82, 2.24) is 16.0 Å². The van der Waals surface area contributed by atoms with Crippen LogP contribution in [0.25, 0.3) is 0 Å². The number of fused-ring (bicyclic) bond motifs is 20. The Labute approximate surface area is 739 Å². The number of amides is 2. The van der Waals surface area contributed by atoms with Gasteiger partial charge in [-0.15, -0.1) is 0 Å². The smallest absolute Gasteiger partial charge is 0.220 e. The first-order chi connectivity index (χ1) is 57.5. The van der Waals surface area contributed by atoms with Gasteiger partial charge in [-0.2, -0.15) is 0 Å². The van der Waals surface area contributed by atoms with E-state index in [1.54, 1.807) is 0 Å². The van der Waals surface area contributed by atoms with Crippen LogP contribution in [-0.2, 0) is 14.3 Å². The van der Waals surface area contributed by atoms with E-state index < -0.39 is 0 Å². The van der Waals surface area contributed by atoms with Crippen LogP contribution in [-0.4, -0.2) is 141 Å². The molecule has 0 aromatic heterocycles. The third-order valence-corrected chi connectivity index (χ3v) is 43.0. The minimum absolute atomic E-state index is 0.188. The maximum atomic E-state index is 12.1. The van der Waals surface area contributed by atoms with Gasteiger partial charge in [-0.1, -0.05) is 104 Å². The maximum Gasteiger partial charge on any atom is 0.220 e. The number of aliphatic hydroxyl groups excluding tert-OH is 8. The van der Waals surface area contributed by atoms with Crippen LogP contribution in [0.3, 0.4) is 0 Å². The Balaban J connectivity index is 0.000000139. The molecule has 698 valence electrons. The minimum atomic E-state index is -0.248. The quantitative estimate of drug-likeness (QED) is 0.0383. The first kappa shape index (κ1) is 97.1. The molecule has 0 bridgehead atoms. The van der Waals surface area contributed by atoms with Gasteiger partial charge in [-0.05, 0) is 469 Å². The van der Waals surface area contributed by atoms with Gasteiger partial charge in [-0.3, -0.25) is 9.59 Å². The van der Waals surface area contributed by atoms with Crippen molar-refractivity contribution >= 4 is 11.8 Å². The molecule has 14 nitrogen and oxygen atoms in total. The lowest BCUT2D eigenvalue weighted by atomic mass is 9.43. The second-order valence-corrected chi connectivity index (χ2v) is 48.7. The van der Waals surface area contributed by atoms with Gasteiger partial charge in [0.15, 0.2) is 0 Å². The summed E-state index contributed by atoms with van der Waals surface area (Å²) in [6.45, 7) is 44.1. The molecule has 2 amide bonds. The van der Waals surface area contributed by atoms with Crippen molar-refractivity contribution in [3.8, 4) is 0 Å². The van der Waals surface area contributed by atoms with E-state index in [2.05, 4.69) is 120 Å². The van der Waals surface area contributed by atoms with E-state index in [1.165, 1.54) is 141 Å². The van der Waals surface area contributed by atoms with Gasteiger partial charge in [-0.25, -0.2) is 0 Å². The van der Waals surface area contributed by atoms with Crippen LogP contribution in [0.4, 0.5) is 0 Å². The van der Waals surface area contributed by atoms with Crippen molar-refractivity contribution in [2.45, 2.75) is 436 Å². The van der Waals surface area contributed by atoms with Crippen LogP contribution in [0, 0.1) is 185 Å². The number of carbonyl (C=O) groups excluding carboxylic acids is 2. The Morgan fingerprint density at radius 2 is 0.587 bits per heavy atom. The highest BCUT2D eigenvalue weighted by atomic mass is 16.5. The maximum absolute atomic E-state index is 12.1. The lowest BCUT2D eigenvalue weighted by molar-refractivity contribution is -0.172. The summed E-state index contributed by atoms with van der Waals surface area (Å²) >= 11 is 0. The molecule has 0 aromatic carbocycles. The van der Waals surface area contributed by atoms with Crippen molar-refractivity contribution < 1.29 is 55.2 Å². The number of rotatable bonds is 25. The van der Waals surface area contributed by atoms with E-state index in [9.17, 15) is 50.4 Å². The van der Waals surface area contributed by atoms with Gasteiger partial charge in [0, 0.05) is 39.1 Å². The highest BCUT2D eigenvalue weighted by Crippen LogP contribution is 2.74. The number of hydrogen-bond acceptors (Lipinski definition) is 12. The van der Waals surface area contributed by atoms with Gasteiger partial charge < -0.3 is 61.5 Å². The number of aliphatic hydroxyl groups is 8. The number of hydrogen-bond donors (Lipinski definition) is 11. The van der Waals surface area contributed by atoms with Crippen molar-refractivity contribution in [2.75, 3.05) is 39.4 Å². The van der Waals surface area contributed by atoms with Gasteiger partial charge in [0.25, 0.3) is 0 Å². The fourth-order valence-corrected chi connectivity index (χ4v) is 36.8. The average molecular weight is 1690 g/mol. The standard InChI is InChI=1S/C27H47NO3.C27H49NO2.C27H48O3.C26H45NO3/c1-5-14-28-25(31)9-6-17(2)20-7-8-21-19-16-24(30)23-15-18(29)10-12-27(23,4)22(19)11-13-26(20,21)3;1-5-14-28-15-6-7-18(2)21-8-9-22-20-17-25(30)24-16-19(29)10-12-27(24,4)23(20)11-13-26(21,22)3;1-5-14-30-15-6-7-18(2)21-8-9-22-20-17-25(29)24-16-19(28)10-12-27(24,4)23(20)11-13-26(21,22)3;1-5-27-24(30)9-6-16(2)19-7-8-20-18-15-23(29)22-14-17(28)10-12-26(22,4)21(18)11-13-25(19,20)3/h17-24,29-30H,5-16H2,1-4H3,(H,28,31);18-25,28-30H,5-17H2,1-4H3;18-25,28-29H,5-17H2,1-4H3;16-23,28-29H,5-15H2,1-4H3,(H,27,30)/t17?,18-,19?,20?,21?,22?,23+,24+,26-,27-;2*18?,19-,20?,21?,22?,23?,24+,25+,26-,27-;16?,17-,18?,19?,20?,21?,22+,23+,25-,26-/m1111/s1. The first-order valence-corrected chi connectivity index (χ1v) is 52.8. The van der Waals surface area contributed by atoms with Crippen LogP contribution in [0.1, 0.15) is 387 Å². The van der Waals surface area contributed by atoms with Crippen molar-refractivity contribution in [2.24, 2.45) is 185 Å². The lowest BCUT2D eigenvalue weighted by Gasteiger charge is -2.62. The number of nitrogens with one attached hydrogen (secondary N) is 3. The summed E-state index contributed by atoms with van der Waals surface area (Å²) in [6.07, 6.45) is 46.6. The number of carbonyl (C=O) groups is 2. The normalized spacial score (nSPS) is 48.8. The van der Waals surface area contributed by atoms with Gasteiger partial charge in [0.2, 0.25) is 11.8 Å². The molecule has 0 aromatic rings. The third-order valence-electron chi connectivity index (χ3n) is 43.0. The monoisotopic (exact) mass is 1690 g/mol. The Kier molecular flexibility index (Phi) is 32.3. The highest BCUT2D eigenvalue weighted by molar-refractivity contribution is 5.76. The van der Waals surface area contributed by atoms with Crippen LogP contribution < -0.4 is 16.0 Å². The predicted octanol–water partition coefficient (Wildman–Crippen LogP) is 20.7. The molecule has 121 heavy (non-hydrogen) atoms. The minimum Gasteiger partial charge on any atom is -0.393 e. The molecule has 0 aliphatic heterocycles. The van der Waals surface area contributed by atoms with Gasteiger partial charge in [0.1, 0.15) is 0 Å². The molecule has 11 N–H and O–H groups in total. The summed E-state index contributed by atoms with van der Waals surface area (Å²) < 4.78 is 5.73. The molecule has 20 unspecified atom stereocenters.